The van der Waals surface area contributed by atoms with E-state index in [1.807, 2.05) is 0 Å². The van der Waals surface area contributed by atoms with E-state index < -0.39 is 17.5 Å². The van der Waals surface area contributed by atoms with Crippen molar-refractivity contribution in [3.8, 4) is 12.3 Å². The summed E-state index contributed by atoms with van der Waals surface area (Å²) in [5.41, 5.74) is 1.81. The van der Waals surface area contributed by atoms with Crippen molar-refractivity contribution in [2.24, 2.45) is 0 Å². The molecule has 0 aliphatic heterocycles. The van der Waals surface area contributed by atoms with Crippen LogP contribution in [0.2, 0.25) is 0 Å². The number of carbonyl (C=O) groups excluding carboxylic acids is 2. The molecule has 1 aromatic rings. The Morgan fingerprint density at radius 3 is 2.43 bits per heavy atom. The summed E-state index contributed by atoms with van der Waals surface area (Å²) in [5.74, 6) is 1.58. The van der Waals surface area contributed by atoms with E-state index in [2.05, 4.69) is 5.92 Å². The molecule has 5 nitrogen and oxygen atoms in total. The lowest BCUT2D eigenvalue weighted by Gasteiger charge is -2.19. The maximum Gasteiger partial charge on any atom is 0.338 e. The van der Waals surface area contributed by atoms with Crippen LogP contribution in [0.1, 0.15) is 47.8 Å². The average Bonchev–Trinajstić information content (AvgIpc) is 2.46. The Kier molecular flexibility index (Phi) is 6.35. The van der Waals surface area contributed by atoms with Gasteiger partial charge in [0.1, 0.15) is 12.2 Å². The number of rotatable bonds is 5. The molecule has 1 aromatic carbocycles. The second-order valence-corrected chi connectivity index (χ2v) is 6.02. The predicted molar refractivity (Wildman–Crippen MR) is 86.0 cm³/mol. The van der Waals surface area contributed by atoms with Gasteiger partial charge in [-0.05, 0) is 51.0 Å². The van der Waals surface area contributed by atoms with Gasteiger partial charge in [-0.2, -0.15) is 0 Å². The second kappa shape index (κ2) is 7.80. The lowest BCUT2D eigenvalue weighted by Crippen LogP contribution is -2.26. The molecule has 0 atom stereocenters. The van der Waals surface area contributed by atoms with E-state index in [1.165, 1.54) is 7.11 Å². The smallest absolute Gasteiger partial charge is 0.338 e. The second-order valence-electron chi connectivity index (χ2n) is 6.02. The summed E-state index contributed by atoms with van der Waals surface area (Å²) in [6.45, 7) is 7.10. The number of ether oxygens (including phenoxy) is 3. The molecular formula is C18H22O5. The van der Waals surface area contributed by atoms with Crippen molar-refractivity contribution in [2.45, 2.75) is 39.9 Å². The molecule has 0 saturated carbocycles. The zero-order valence-corrected chi connectivity index (χ0v) is 14.2. The van der Waals surface area contributed by atoms with Crippen LogP contribution in [0.4, 0.5) is 0 Å². The van der Waals surface area contributed by atoms with Gasteiger partial charge in [-0.15, -0.1) is 6.42 Å². The summed E-state index contributed by atoms with van der Waals surface area (Å²) in [6.07, 6.45) is 5.41. The van der Waals surface area contributed by atoms with Crippen LogP contribution in [0.15, 0.2) is 12.1 Å². The Labute approximate surface area is 136 Å². The van der Waals surface area contributed by atoms with Crippen molar-refractivity contribution >= 4 is 11.9 Å². The molecule has 0 aliphatic carbocycles. The van der Waals surface area contributed by atoms with Crippen molar-refractivity contribution in [3.05, 3.63) is 34.4 Å². The van der Waals surface area contributed by atoms with Crippen LogP contribution in [-0.4, -0.2) is 31.3 Å². The maximum absolute atomic E-state index is 11.8. The van der Waals surface area contributed by atoms with Crippen LogP contribution >= 0.6 is 0 Å². The summed E-state index contributed by atoms with van der Waals surface area (Å²) < 4.78 is 15.3. The fourth-order valence-electron chi connectivity index (χ4n) is 1.94. The van der Waals surface area contributed by atoms with Gasteiger partial charge in [-0.1, -0.05) is 5.92 Å². The number of benzene rings is 1. The van der Waals surface area contributed by atoms with Crippen molar-refractivity contribution in [3.63, 3.8) is 0 Å². The molecule has 0 radical (unpaired) electrons. The van der Waals surface area contributed by atoms with Crippen LogP contribution in [0.5, 0.6) is 0 Å². The quantitative estimate of drug-likeness (QED) is 0.617. The third kappa shape index (κ3) is 5.76. The van der Waals surface area contributed by atoms with E-state index in [-0.39, 0.29) is 13.2 Å². The first-order valence-electron chi connectivity index (χ1n) is 7.16. The maximum atomic E-state index is 11.8. The summed E-state index contributed by atoms with van der Waals surface area (Å²) in [7, 11) is 1.31. The van der Waals surface area contributed by atoms with Gasteiger partial charge < -0.3 is 14.2 Å². The Hall–Kier alpha value is -2.32. The fraction of sp³-hybridized carbons (Fsp3) is 0.444. The van der Waals surface area contributed by atoms with Crippen LogP contribution in [0.3, 0.4) is 0 Å². The molecule has 0 fully saturated rings. The Morgan fingerprint density at radius 2 is 1.91 bits per heavy atom. The fourth-order valence-corrected chi connectivity index (χ4v) is 1.94. The third-order valence-corrected chi connectivity index (χ3v) is 2.98. The molecule has 5 heteroatoms. The van der Waals surface area contributed by atoms with Crippen molar-refractivity contribution < 1.29 is 23.8 Å². The first kappa shape index (κ1) is 18.7. The predicted octanol–water partition coefficient (Wildman–Crippen LogP) is 2.62. The topological polar surface area (TPSA) is 61.8 Å². The van der Waals surface area contributed by atoms with E-state index in [1.54, 1.807) is 39.8 Å². The van der Waals surface area contributed by atoms with Gasteiger partial charge in [0.25, 0.3) is 0 Å². The highest BCUT2D eigenvalue weighted by Gasteiger charge is 2.17. The highest BCUT2D eigenvalue weighted by molar-refractivity contribution is 5.91. The Morgan fingerprint density at radius 1 is 1.26 bits per heavy atom. The zero-order chi connectivity index (χ0) is 17.6. The summed E-state index contributed by atoms with van der Waals surface area (Å²) in [5, 5.41) is 0. The first-order valence-corrected chi connectivity index (χ1v) is 7.16. The van der Waals surface area contributed by atoms with Gasteiger partial charge in [0, 0.05) is 5.56 Å². The molecule has 0 N–H and O–H groups in total. The molecule has 0 spiro atoms. The van der Waals surface area contributed by atoms with Gasteiger partial charge in [-0.3, -0.25) is 0 Å². The first-order chi connectivity index (χ1) is 10.7. The van der Waals surface area contributed by atoms with Gasteiger partial charge in [0.2, 0.25) is 0 Å². The van der Waals surface area contributed by atoms with Crippen LogP contribution in [-0.2, 0) is 25.6 Å². The molecule has 0 aliphatic rings. The lowest BCUT2D eigenvalue weighted by atomic mass is 9.99. The minimum Gasteiger partial charge on any atom is -0.465 e. The molecule has 23 heavy (non-hydrogen) atoms. The van der Waals surface area contributed by atoms with Gasteiger partial charge in [-0.25, -0.2) is 9.59 Å². The van der Waals surface area contributed by atoms with Crippen molar-refractivity contribution in [1.29, 1.82) is 0 Å². The monoisotopic (exact) mass is 318 g/mol. The minimum atomic E-state index is -0.558. The molecule has 0 heterocycles. The molecule has 0 aromatic heterocycles. The van der Waals surface area contributed by atoms with Crippen molar-refractivity contribution in [2.75, 3.05) is 13.7 Å². The number of carbonyl (C=O) groups is 2. The zero-order valence-electron chi connectivity index (χ0n) is 14.2. The van der Waals surface area contributed by atoms with Crippen molar-refractivity contribution in [1.82, 2.24) is 0 Å². The Bertz CT molecular complexity index is 632. The number of hydrogen-bond acceptors (Lipinski definition) is 5. The van der Waals surface area contributed by atoms with Gasteiger partial charge in [0.15, 0.2) is 0 Å². The minimum absolute atomic E-state index is 0.143. The van der Waals surface area contributed by atoms with E-state index in [9.17, 15) is 9.59 Å². The molecule has 0 bridgehead atoms. The molecule has 0 saturated heterocycles. The molecule has 1 rings (SSSR count). The van der Waals surface area contributed by atoms with Crippen LogP contribution in [0, 0.1) is 19.3 Å². The van der Waals surface area contributed by atoms with E-state index in [0.29, 0.717) is 16.7 Å². The summed E-state index contributed by atoms with van der Waals surface area (Å²) >= 11 is 0. The molecule has 0 unspecified atom stereocenters. The number of methoxy groups -OCH3 is 1. The highest BCUT2D eigenvalue weighted by atomic mass is 16.6. The van der Waals surface area contributed by atoms with E-state index in [0.717, 1.165) is 5.56 Å². The SMILES string of the molecule is C#Cc1cc(COCC(=O)OC(C)(C)C)c(C)c(C(=O)OC)c1. The van der Waals surface area contributed by atoms with Crippen LogP contribution in [0.25, 0.3) is 0 Å². The van der Waals surface area contributed by atoms with E-state index in [4.69, 9.17) is 20.6 Å². The van der Waals surface area contributed by atoms with Gasteiger partial charge >= 0.3 is 11.9 Å². The lowest BCUT2D eigenvalue weighted by molar-refractivity contribution is -0.160. The standard InChI is InChI=1S/C18H22O5/c1-7-13-8-14(12(2)15(9-13)17(20)21-6)10-22-11-16(19)23-18(3,4)5/h1,8-9H,10-11H2,2-6H3. The van der Waals surface area contributed by atoms with Gasteiger partial charge in [0.05, 0.1) is 19.3 Å². The highest BCUT2D eigenvalue weighted by Crippen LogP contribution is 2.19. The number of hydrogen-bond donors (Lipinski definition) is 0. The largest absolute Gasteiger partial charge is 0.465 e. The average molecular weight is 318 g/mol. The van der Waals surface area contributed by atoms with E-state index >= 15 is 0 Å². The van der Waals surface area contributed by atoms with Crippen LogP contribution < -0.4 is 0 Å². The molecule has 0 amide bonds. The third-order valence-electron chi connectivity index (χ3n) is 2.98. The molecule has 124 valence electrons. The summed E-state index contributed by atoms with van der Waals surface area (Å²) in [4.78, 5) is 23.4. The molecular weight excluding hydrogens is 296 g/mol. The normalized spacial score (nSPS) is 10.8. The Balaban J connectivity index is 2.83. The summed E-state index contributed by atoms with van der Waals surface area (Å²) in [6, 6.07) is 3.34. The number of terminal acetylenes is 1. The number of esters is 2.